The number of imidazole rings is 1. The standard InChI is InChI=1S/C20H20N4O2S/c1-13-5-4-6-17(21-13)18-19(15-7-9-16(10-8-15)27(3)26)24-12-11-23(14(2)25)20(24)22-18/h4-10H,11-12H2,1-3H3. The predicted octanol–water partition coefficient (Wildman–Crippen LogP) is 3.02. The fourth-order valence-electron chi connectivity index (χ4n) is 3.41. The molecule has 0 aliphatic carbocycles. The van der Waals surface area contributed by atoms with Gasteiger partial charge in [-0.05, 0) is 54.5 Å². The molecule has 1 aliphatic heterocycles. The van der Waals surface area contributed by atoms with Gasteiger partial charge in [0.25, 0.3) is 0 Å². The average molecular weight is 380 g/mol. The van der Waals surface area contributed by atoms with Crippen molar-refractivity contribution in [2.24, 2.45) is 0 Å². The van der Waals surface area contributed by atoms with Crippen LogP contribution in [0.5, 0.6) is 0 Å². The van der Waals surface area contributed by atoms with Gasteiger partial charge in [0.1, 0.15) is 11.9 Å². The Morgan fingerprint density at radius 2 is 1.85 bits per heavy atom. The molecule has 1 unspecified atom stereocenters. The minimum absolute atomic E-state index is 0.0224. The summed E-state index contributed by atoms with van der Waals surface area (Å²) in [7, 11) is 0. The highest BCUT2D eigenvalue weighted by atomic mass is 32.2. The molecular weight excluding hydrogens is 360 g/mol. The number of carbonyl (C=O) groups is 1. The van der Waals surface area contributed by atoms with Crippen molar-refractivity contribution >= 4 is 23.0 Å². The Labute approximate surface area is 161 Å². The van der Waals surface area contributed by atoms with Gasteiger partial charge in [0.05, 0.1) is 11.4 Å². The Hall–Kier alpha value is -2.64. The van der Waals surface area contributed by atoms with E-state index < -0.39 is 11.2 Å². The van der Waals surface area contributed by atoms with Crippen molar-refractivity contribution in [3.63, 3.8) is 0 Å². The molecule has 1 amide bonds. The van der Waals surface area contributed by atoms with Gasteiger partial charge in [-0.25, -0.2) is 4.98 Å². The van der Waals surface area contributed by atoms with Gasteiger partial charge in [-0.1, -0.05) is 6.07 Å². The van der Waals surface area contributed by atoms with Crippen molar-refractivity contribution in [2.45, 2.75) is 25.3 Å². The van der Waals surface area contributed by atoms with Crippen LogP contribution in [-0.4, -0.2) is 37.8 Å². The Kier molecular flexibility index (Phi) is 4.49. The van der Waals surface area contributed by atoms with Gasteiger partial charge in [0, 0.05) is 31.3 Å². The number of benzene rings is 1. The van der Waals surface area contributed by atoms with Crippen molar-refractivity contribution in [1.29, 1.82) is 0 Å². The van der Waals surface area contributed by atoms with Gasteiger partial charge in [-0.2, -0.15) is 0 Å². The molecule has 1 aromatic carbocycles. The molecule has 0 spiro atoms. The van der Waals surface area contributed by atoms with E-state index in [4.69, 9.17) is 4.98 Å². The molecule has 3 heterocycles. The smallest absolute Gasteiger partial charge is 0.226 e. The molecule has 0 N–H and O–H groups in total. The third-order valence-electron chi connectivity index (χ3n) is 4.71. The number of aryl methyl sites for hydroxylation is 1. The predicted molar refractivity (Wildman–Crippen MR) is 106 cm³/mol. The van der Waals surface area contributed by atoms with Crippen LogP contribution in [0.3, 0.4) is 0 Å². The lowest BCUT2D eigenvalue weighted by molar-refractivity contribution is -0.116. The number of hydrogen-bond donors (Lipinski definition) is 0. The number of rotatable bonds is 3. The summed E-state index contributed by atoms with van der Waals surface area (Å²) in [6, 6.07) is 13.5. The SMILES string of the molecule is CC(=O)N1CCn2c1nc(-c1cccc(C)n1)c2-c1ccc([S+](C)[O-])cc1. The van der Waals surface area contributed by atoms with Crippen LogP contribution in [0, 0.1) is 6.92 Å². The molecule has 138 valence electrons. The third-order valence-corrected chi connectivity index (χ3v) is 5.64. The van der Waals surface area contributed by atoms with Gasteiger partial charge in [-0.15, -0.1) is 0 Å². The molecule has 0 saturated heterocycles. The van der Waals surface area contributed by atoms with E-state index in [9.17, 15) is 9.35 Å². The molecule has 3 aromatic rings. The normalized spacial score (nSPS) is 14.3. The summed E-state index contributed by atoms with van der Waals surface area (Å²) in [5, 5.41) is 0. The van der Waals surface area contributed by atoms with E-state index in [0.717, 1.165) is 33.2 Å². The molecule has 0 fully saturated rings. The van der Waals surface area contributed by atoms with Crippen molar-refractivity contribution in [2.75, 3.05) is 17.7 Å². The summed E-state index contributed by atoms with van der Waals surface area (Å²) in [4.78, 5) is 23.9. The maximum absolute atomic E-state index is 12.0. The maximum atomic E-state index is 12.0. The van der Waals surface area contributed by atoms with Crippen LogP contribution in [0.4, 0.5) is 5.95 Å². The topological polar surface area (TPSA) is 74.1 Å². The average Bonchev–Trinajstić information content (AvgIpc) is 3.20. The first-order valence-electron chi connectivity index (χ1n) is 8.72. The number of pyridine rings is 1. The van der Waals surface area contributed by atoms with Crippen LogP contribution in [0.15, 0.2) is 47.4 Å². The first-order valence-corrected chi connectivity index (χ1v) is 10.3. The first-order chi connectivity index (χ1) is 13.0. The molecule has 27 heavy (non-hydrogen) atoms. The van der Waals surface area contributed by atoms with Crippen LogP contribution in [0.2, 0.25) is 0 Å². The summed E-state index contributed by atoms with van der Waals surface area (Å²) in [6.45, 7) is 4.80. The second-order valence-electron chi connectivity index (χ2n) is 6.57. The van der Waals surface area contributed by atoms with Gasteiger partial charge in [0.15, 0.2) is 4.90 Å². The number of anilines is 1. The minimum atomic E-state index is -1.03. The lowest BCUT2D eigenvalue weighted by Gasteiger charge is -2.10. The molecule has 2 aromatic heterocycles. The zero-order chi connectivity index (χ0) is 19.1. The van der Waals surface area contributed by atoms with Crippen molar-refractivity contribution in [3.8, 4) is 22.6 Å². The number of hydrogen-bond acceptors (Lipinski definition) is 4. The van der Waals surface area contributed by atoms with Gasteiger partial charge in [-0.3, -0.25) is 14.7 Å². The highest BCUT2D eigenvalue weighted by Crippen LogP contribution is 2.37. The van der Waals surface area contributed by atoms with Gasteiger partial charge < -0.3 is 9.12 Å². The van der Waals surface area contributed by atoms with Gasteiger partial charge in [0.2, 0.25) is 11.9 Å². The monoisotopic (exact) mass is 380 g/mol. The van der Waals surface area contributed by atoms with E-state index in [1.165, 1.54) is 0 Å². The molecule has 6 nitrogen and oxygen atoms in total. The van der Waals surface area contributed by atoms with Crippen LogP contribution in [0.25, 0.3) is 22.6 Å². The lowest BCUT2D eigenvalue weighted by atomic mass is 10.1. The number of fused-ring (bicyclic) bond motifs is 1. The molecule has 1 aliphatic rings. The van der Waals surface area contributed by atoms with E-state index in [1.54, 1.807) is 18.1 Å². The fourth-order valence-corrected chi connectivity index (χ4v) is 3.93. The van der Waals surface area contributed by atoms with E-state index >= 15 is 0 Å². The second kappa shape index (κ2) is 6.83. The van der Waals surface area contributed by atoms with E-state index in [2.05, 4.69) is 9.55 Å². The largest absolute Gasteiger partial charge is 0.612 e. The van der Waals surface area contributed by atoms with E-state index in [1.807, 2.05) is 49.4 Å². The molecule has 0 radical (unpaired) electrons. The first kappa shape index (κ1) is 17.8. The third kappa shape index (κ3) is 3.13. The number of amides is 1. The number of carbonyl (C=O) groups excluding carboxylic acids is 1. The van der Waals surface area contributed by atoms with Crippen molar-refractivity contribution in [3.05, 3.63) is 48.2 Å². The fraction of sp³-hybridized carbons (Fsp3) is 0.250. The van der Waals surface area contributed by atoms with E-state index in [-0.39, 0.29) is 5.91 Å². The molecule has 0 saturated carbocycles. The number of nitrogens with zero attached hydrogens (tertiary/aromatic N) is 4. The van der Waals surface area contributed by atoms with Crippen molar-refractivity contribution in [1.82, 2.24) is 14.5 Å². The van der Waals surface area contributed by atoms with Crippen LogP contribution < -0.4 is 4.90 Å². The maximum Gasteiger partial charge on any atom is 0.226 e. The van der Waals surface area contributed by atoms with Crippen LogP contribution >= 0.6 is 0 Å². The Morgan fingerprint density at radius 3 is 2.48 bits per heavy atom. The summed E-state index contributed by atoms with van der Waals surface area (Å²) in [5.74, 6) is 0.629. The summed E-state index contributed by atoms with van der Waals surface area (Å²) < 4.78 is 13.8. The zero-order valence-corrected chi connectivity index (χ0v) is 16.3. The summed E-state index contributed by atoms with van der Waals surface area (Å²) in [5.41, 5.74) is 4.34. The summed E-state index contributed by atoms with van der Waals surface area (Å²) >= 11 is -1.03. The molecule has 1 atom stereocenters. The lowest BCUT2D eigenvalue weighted by Crippen LogP contribution is -2.26. The number of aromatic nitrogens is 3. The summed E-state index contributed by atoms with van der Waals surface area (Å²) in [6.07, 6.45) is 1.67. The molecular formula is C20H20N4O2S. The Morgan fingerprint density at radius 1 is 1.11 bits per heavy atom. The molecule has 4 rings (SSSR count). The van der Waals surface area contributed by atoms with Crippen LogP contribution in [-0.2, 0) is 22.5 Å². The highest BCUT2D eigenvalue weighted by Gasteiger charge is 2.30. The van der Waals surface area contributed by atoms with Crippen molar-refractivity contribution < 1.29 is 9.35 Å². The quantitative estimate of drug-likeness (QED) is 0.655. The second-order valence-corrected chi connectivity index (χ2v) is 7.95. The van der Waals surface area contributed by atoms with E-state index in [0.29, 0.717) is 19.0 Å². The van der Waals surface area contributed by atoms with Gasteiger partial charge >= 0.3 is 0 Å². The molecule has 0 bridgehead atoms. The highest BCUT2D eigenvalue weighted by molar-refractivity contribution is 7.90. The Balaban J connectivity index is 1.91. The van der Waals surface area contributed by atoms with Crippen LogP contribution in [0.1, 0.15) is 12.6 Å². The minimum Gasteiger partial charge on any atom is -0.612 e. The molecule has 7 heteroatoms. The zero-order valence-electron chi connectivity index (χ0n) is 15.5. The Bertz CT molecular complexity index is 1010.